The van der Waals surface area contributed by atoms with Gasteiger partial charge in [-0.3, -0.25) is 0 Å². The van der Waals surface area contributed by atoms with E-state index >= 15 is 0 Å². The maximum atomic E-state index is 9.34. The van der Waals surface area contributed by atoms with E-state index in [4.69, 9.17) is 10.8 Å². The number of benzene rings is 1. The Kier molecular flexibility index (Phi) is 2.55. The molecule has 0 radical (unpaired) electrons. The molecule has 4 N–H and O–H groups in total. The maximum absolute atomic E-state index is 9.34. The van der Waals surface area contributed by atoms with Gasteiger partial charge in [0.2, 0.25) is 0 Å². The van der Waals surface area contributed by atoms with E-state index in [0.29, 0.717) is 12.0 Å². The molecule has 3 heteroatoms. The van der Waals surface area contributed by atoms with E-state index in [9.17, 15) is 5.11 Å². The van der Waals surface area contributed by atoms with Crippen LogP contribution < -0.4 is 5.73 Å². The second-order valence-electron chi connectivity index (χ2n) is 2.97. The fourth-order valence-electron chi connectivity index (χ4n) is 1.09. The number of rotatable bonds is 2. The molecule has 0 aliphatic rings. The second kappa shape index (κ2) is 3.45. The highest BCUT2D eigenvalue weighted by Crippen LogP contribution is 2.28. The van der Waals surface area contributed by atoms with Crippen LogP contribution in [0.4, 0.5) is 0 Å². The molecule has 1 rings (SSSR count). The molecule has 0 unspecified atom stereocenters. The lowest BCUT2D eigenvalue weighted by Gasteiger charge is -2.07. The highest BCUT2D eigenvalue weighted by Gasteiger charge is 2.06. The molecule has 66 valence electrons. The Morgan fingerprint density at radius 1 is 1.42 bits per heavy atom. The summed E-state index contributed by atoms with van der Waals surface area (Å²) in [5.41, 5.74) is 6.24. The third-order valence-corrected chi connectivity index (χ3v) is 1.64. The molecule has 1 atom stereocenters. The lowest BCUT2D eigenvalue weighted by molar-refractivity contribution is 0.398. The number of hydrogen-bond donors (Lipinski definition) is 3. The van der Waals surface area contributed by atoms with Crippen LogP contribution in [0.3, 0.4) is 0 Å². The average Bonchev–Trinajstić information content (AvgIpc) is 1.98. The molecular formula is C9H13NO2. The number of nitrogens with two attached hydrogens (primary N) is 1. The summed E-state index contributed by atoms with van der Waals surface area (Å²) < 4.78 is 0. The Bertz CT molecular complexity index is 271. The van der Waals surface area contributed by atoms with Gasteiger partial charge in [0.25, 0.3) is 0 Å². The van der Waals surface area contributed by atoms with Crippen molar-refractivity contribution in [3.63, 3.8) is 0 Å². The average molecular weight is 167 g/mol. The van der Waals surface area contributed by atoms with Crippen molar-refractivity contribution in [2.45, 2.75) is 19.4 Å². The predicted molar refractivity (Wildman–Crippen MR) is 47.1 cm³/mol. The summed E-state index contributed by atoms with van der Waals surface area (Å²) in [6.07, 6.45) is 0.570. The highest BCUT2D eigenvalue weighted by molar-refractivity contribution is 5.44. The summed E-state index contributed by atoms with van der Waals surface area (Å²) in [4.78, 5) is 0. The predicted octanol–water partition coefficient (Wildman–Crippen LogP) is 0.987. The van der Waals surface area contributed by atoms with Gasteiger partial charge in [-0.1, -0.05) is 12.1 Å². The summed E-state index contributed by atoms with van der Waals surface area (Å²) in [5.74, 6) is -0.150. The van der Waals surface area contributed by atoms with Crippen LogP contribution in [0, 0.1) is 0 Å². The maximum Gasteiger partial charge on any atom is 0.160 e. The van der Waals surface area contributed by atoms with Gasteiger partial charge in [0.05, 0.1) is 0 Å². The zero-order chi connectivity index (χ0) is 9.14. The topological polar surface area (TPSA) is 66.5 Å². The first-order valence-electron chi connectivity index (χ1n) is 3.86. The van der Waals surface area contributed by atoms with Crippen LogP contribution in [0.1, 0.15) is 12.5 Å². The van der Waals surface area contributed by atoms with Gasteiger partial charge in [-0.05, 0) is 25.0 Å². The highest BCUT2D eigenvalue weighted by atomic mass is 16.3. The van der Waals surface area contributed by atoms with Gasteiger partial charge in [-0.25, -0.2) is 0 Å². The SMILES string of the molecule is C[C@@H](N)Cc1cccc(O)c1O. The molecule has 1 aromatic carbocycles. The minimum atomic E-state index is -0.0897. The third-order valence-electron chi connectivity index (χ3n) is 1.64. The molecule has 3 nitrogen and oxygen atoms in total. The quantitative estimate of drug-likeness (QED) is 0.575. The van der Waals surface area contributed by atoms with E-state index < -0.39 is 0 Å². The van der Waals surface area contributed by atoms with Gasteiger partial charge in [0.1, 0.15) is 0 Å². The third kappa shape index (κ3) is 1.89. The molecular weight excluding hydrogens is 154 g/mol. The van der Waals surface area contributed by atoms with Crippen LogP contribution in [0.5, 0.6) is 11.5 Å². The van der Waals surface area contributed by atoms with E-state index in [1.54, 1.807) is 12.1 Å². The van der Waals surface area contributed by atoms with Crippen molar-refractivity contribution in [1.29, 1.82) is 0 Å². The minimum absolute atomic E-state index is 0.0160. The van der Waals surface area contributed by atoms with Crippen molar-refractivity contribution < 1.29 is 10.2 Å². The summed E-state index contributed by atoms with van der Waals surface area (Å²) in [6, 6.07) is 4.86. The molecule has 0 spiro atoms. The van der Waals surface area contributed by atoms with Crippen LogP contribution in [-0.2, 0) is 6.42 Å². The lowest BCUT2D eigenvalue weighted by atomic mass is 10.1. The lowest BCUT2D eigenvalue weighted by Crippen LogP contribution is -2.17. The van der Waals surface area contributed by atoms with Crippen molar-refractivity contribution >= 4 is 0 Å². The van der Waals surface area contributed by atoms with Crippen molar-refractivity contribution in [1.82, 2.24) is 0 Å². The first kappa shape index (κ1) is 8.87. The first-order chi connectivity index (χ1) is 5.61. The smallest absolute Gasteiger partial charge is 0.160 e. The number of para-hydroxylation sites is 1. The van der Waals surface area contributed by atoms with Gasteiger partial charge in [0.15, 0.2) is 11.5 Å². The summed E-state index contributed by atoms with van der Waals surface area (Å²) in [6.45, 7) is 1.85. The molecule has 0 saturated heterocycles. The minimum Gasteiger partial charge on any atom is -0.504 e. The Morgan fingerprint density at radius 2 is 2.08 bits per heavy atom. The molecule has 0 fully saturated rings. The van der Waals surface area contributed by atoms with E-state index in [0.717, 1.165) is 0 Å². The van der Waals surface area contributed by atoms with Gasteiger partial charge >= 0.3 is 0 Å². The monoisotopic (exact) mass is 167 g/mol. The van der Waals surface area contributed by atoms with Gasteiger partial charge in [0, 0.05) is 6.04 Å². The summed E-state index contributed by atoms with van der Waals surface area (Å²) in [7, 11) is 0. The van der Waals surface area contributed by atoms with E-state index in [1.165, 1.54) is 6.07 Å². The largest absolute Gasteiger partial charge is 0.504 e. The summed E-state index contributed by atoms with van der Waals surface area (Å²) >= 11 is 0. The fraction of sp³-hybridized carbons (Fsp3) is 0.333. The van der Waals surface area contributed by atoms with Crippen molar-refractivity contribution in [3.05, 3.63) is 23.8 Å². The Labute approximate surface area is 71.5 Å². The van der Waals surface area contributed by atoms with E-state index in [-0.39, 0.29) is 17.5 Å². The zero-order valence-electron chi connectivity index (χ0n) is 6.99. The molecule has 0 amide bonds. The Hall–Kier alpha value is -1.22. The van der Waals surface area contributed by atoms with Crippen molar-refractivity contribution in [3.8, 4) is 11.5 Å². The Balaban J connectivity index is 2.92. The molecule has 0 aromatic heterocycles. The standard InChI is InChI=1S/C9H13NO2/c1-6(10)5-7-3-2-4-8(11)9(7)12/h2-4,6,11-12H,5,10H2,1H3/t6-/m1/s1. The van der Waals surface area contributed by atoms with Crippen LogP contribution >= 0.6 is 0 Å². The molecule has 12 heavy (non-hydrogen) atoms. The molecule has 0 aliphatic carbocycles. The first-order valence-corrected chi connectivity index (χ1v) is 3.86. The van der Waals surface area contributed by atoms with Crippen molar-refractivity contribution in [2.75, 3.05) is 0 Å². The normalized spacial score (nSPS) is 12.8. The van der Waals surface area contributed by atoms with Crippen LogP contribution in [0.15, 0.2) is 18.2 Å². The summed E-state index contributed by atoms with van der Waals surface area (Å²) in [5, 5.41) is 18.5. The van der Waals surface area contributed by atoms with Gasteiger partial charge in [-0.15, -0.1) is 0 Å². The molecule has 0 saturated carbocycles. The van der Waals surface area contributed by atoms with Crippen LogP contribution in [-0.4, -0.2) is 16.3 Å². The molecule has 0 aliphatic heterocycles. The molecule has 0 heterocycles. The number of phenolic OH excluding ortho intramolecular Hbond substituents is 2. The Morgan fingerprint density at radius 3 is 2.67 bits per heavy atom. The molecule has 1 aromatic rings. The van der Waals surface area contributed by atoms with E-state index in [1.807, 2.05) is 6.92 Å². The fourth-order valence-corrected chi connectivity index (χ4v) is 1.09. The van der Waals surface area contributed by atoms with Crippen molar-refractivity contribution in [2.24, 2.45) is 5.73 Å². The second-order valence-corrected chi connectivity index (χ2v) is 2.97. The van der Waals surface area contributed by atoms with Gasteiger partial charge in [-0.2, -0.15) is 0 Å². The zero-order valence-corrected chi connectivity index (χ0v) is 6.99. The molecule has 0 bridgehead atoms. The number of aromatic hydroxyl groups is 2. The van der Waals surface area contributed by atoms with Crippen LogP contribution in [0.25, 0.3) is 0 Å². The number of hydrogen-bond acceptors (Lipinski definition) is 3. The van der Waals surface area contributed by atoms with Crippen LogP contribution in [0.2, 0.25) is 0 Å². The van der Waals surface area contributed by atoms with E-state index in [2.05, 4.69) is 0 Å². The number of phenols is 2. The van der Waals surface area contributed by atoms with Gasteiger partial charge < -0.3 is 15.9 Å².